The zero-order valence-corrected chi connectivity index (χ0v) is 13.0. The first-order valence-electron chi connectivity index (χ1n) is 6.46. The van der Waals surface area contributed by atoms with Crippen LogP contribution in [0.25, 0.3) is 0 Å². The molecule has 2 amide bonds. The summed E-state index contributed by atoms with van der Waals surface area (Å²) in [5.41, 5.74) is 0.404. The summed E-state index contributed by atoms with van der Waals surface area (Å²) in [6.07, 6.45) is 2.04. The molecule has 1 saturated carbocycles. The second kappa shape index (κ2) is 6.26. The van der Waals surface area contributed by atoms with E-state index in [1.165, 1.54) is 7.11 Å². The monoisotopic (exact) mass is 340 g/mol. The highest BCUT2D eigenvalue weighted by Gasteiger charge is 2.26. The lowest BCUT2D eigenvalue weighted by molar-refractivity contribution is -0.122. The van der Waals surface area contributed by atoms with E-state index >= 15 is 0 Å². The molecule has 0 spiro atoms. The molecule has 108 valence electrons. The number of rotatable bonds is 5. The molecule has 0 saturated heterocycles. The molecule has 0 aromatic heterocycles. The number of halogens is 1. The Labute approximate surface area is 126 Å². The van der Waals surface area contributed by atoms with E-state index in [1.54, 1.807) is 25.1 Å². The third-order valence-electron chi connectivity index (χ3n) is 3.07. The van der Waals surface area contributed by atoms with Crippen molar-refractivity contribution >= 4 is 27.7 Å². The van der Waals surface area contributed by atoms with E-state index in [9.17, 15) is 9.59 Å². The largest absolute Gasteiger partial charge is 0.496 e. The Morgan fingerprint density at radius 3 is 2.70 bits per heavy atom. The van der Waals surface area contributed by atoms with Crippen molar-refractivity contribution in [1.29, 1.82) is 0 Å². The van der Waals surface area contributed by atoms with Crippen LogP contribution < -0.4 is 15.4 Å². The molecule has 1 atom stereocenters. The molecule has 1 fully saturated rings. The number of carbonyl (C=O) groups excluding carboxylic acids is 2. The zero-order valence-electron chi connectivity index (χ0n) is 11.4. The summed E-state index contributed by atoms with van der Waals surface area (Å²) in [7, 11) is 1.50. The maximum atomic E-state index is 12.2. The number of methoxy groups -OCH3 is 1. The van der Waals surface area contributed by atoms with Crippen LogP contribution in [-0.4, -0.2) is 31.0 Å². The molecular weight excluding hydrogens is 324 g/mol. The quantitative estimate of drug-likeness (QED) is 0.859. The summed E-state index contributed by atoms with van der Waals surface area (Å²) >= 11 is 3.32. The van der Waals surface area contributed by atoms with Gasteiger partial charge in [0.15, 0.2) is 0 Å². The first-order valence-corrected chi connectivity index (χ1v) is 7.25. The lowest BCUT2D eigenvalue weighted by Gasteiger charge is -2.15. The molecular formula is C14H17BrN2O3. The van der Waals surface area contributed by atoms with Gasteiger partial charge in [0.1, 0.15) is 11.8 Å². The summed E-state index contributed by atoms with van der Waals surface area (Å²) in [6.45, 7) is 1.67. The number of hydrogen-bond donors (Lipinski definition) is 2. The molecule has 5 nitrogen and oxygen atoms in total. The highest BCUT2D eigenvalue weighted by Crippen LogP contribution is 2.23. The van der Waals surface area contributed by atoms with Crippen molar-refractivity contribution in [3.05, 3.63) is 28.2 Å². The van der Waals surface area contributed by atoms with E-state index in [1.807, 2.05) is 0 Å². The summed E-state index contributed by atoms with van der Waals surface area (Å²) in [5, 5.41) is 5.53. The fourth-order valence-corrected chi connectivity index (χ4v) is 2.09. The van der Waals surface area contributed by atoms with E-state index in [0.29, 0.717) is 11.3 Å². The molecule has 1 aromatic rings. The minimum Gasteiger partial charge on any atom is -0.496 e. The number of carbonyl (C=O) groups is 2. The molecule has 0 aliphatic heterocycles. The maximum Gasteiger partial charge on any atom is 0.255 e. The van der Waals surface area contributed by atoms with Crippen molar-refractivity contribution in [1.82, 2.24) is 10.6 Å². The molecule has 0 heterocycles. The fraction of sp³-hybridized carbons (Fsp3) is 0.429. The fourth-order valence-electron chi connectivity index (χ4n) is 1.75. The van der Waals surface area contributed by atoms with Gasteiger partial charge in [-0.25, -0.2) is 0 Å². The molecule has 1 aliphatic rings. The third-order valence-corrected chi connectivity index (χ3v) is 3.57. The Morgan fingerprint density at radius 1 is 1.40 bits per heavy atom. The normalized spacial score (nSPS) is 15.3. The molecule has 1 aromatic carbocycles. The predicted octanol–water partition coefficient (Wildman–Crippen LogP) is 1.85. The summed E-state index contributed by atoms with van der Waals surface area (Å²) < 4.78 is 6.00. The van der Waals surface area contributed by atoms with Gasteiger partial charge in [0.05, 0.1) is 12.7 Å². The van der Waals surface area contributed by atoms with Crippen LogP contribution in [0, 0.1) is 0 Å². The van der Waals surface area contributed by atoms with E-state index < -0.39 is 6.04 Å². The van der Waals surface area contributed by atoms with E-state index in [-0.39, 0.29) is 17.9 Å². The van der Waals surface area contributed by atoms with Gasteiger partial charge in [-0.3, -0.25) is 9.59 Å². The van der Waals surface area contributed by atoms with Crippen molar-refractivity contribution in [2.45, 2.75) is 31.8 Å². The van der Waals surface area contributed by atoms with Gasteiger partial charge in [-0.05, 0) is 38.0 Å². The SMILES string of the molecule is COc1cc(Br)ccc1C(=O)NC(C)C(=O)NC1CC1. The third kappa shape index (κ3) is 3.72. The summed E-state index contributed by atoms with van der Waals surface area (Å²) in [6, 6.07) is 4.83. The summed E-state index contributed by atoms with van der Waals surface area (Å²) in [4.78, 5) is 24.0. The van der Waals surface area contributed by atoms with Crippen LogP contribution in [0.5, 0.6) is 5.75 Å². The zero-order chi connectivity index (χ0) is 14.7. The van der Waals surface area contributed by atoms with Crippen molar-refractivity contribution < 1.29 is 14.3 Å². The average Bonchev–Trinajstić information content (AvgIpc) is 3.22. The lowest BCUT2D eigenvalue weighted by Crippen LogP contribution is -2.45. The van der Waals surface area contributed by atoms with Gasteiger partial charge in [-0.1, -0.05) is 15.9 Å². The minimum absolute atomic E-state index is 0.156. The molecule has 1 aliphatic carbocycles. The van der Waals surface area contributed by atoms with Crippen LogP contribution >= 0.6 is 15.9 Å². The van der Waals surface area contributed by atoms with Gasteiger partial charge < -0.3 is 15.4 Å². The molecule has 0 bridgehead atoms. The van der Waals surface area contributed by atoms with Crippen LogP contribution in [-0.2, 0) is 4.79 Å². The van der Waals surface area contributed by atoms with Crippen molar-refractivity contribution in [2.75, 3.05) is 7.11 Å². The number of amides is 2. The van der Waals surface area contributed by atoms with Gasteiger partial charge in [-0.15, -0.1) is 0 Å². The van der Waals surface area contributed by atoms with Gasteiger partial charge >= 0.3 is 0 Å². The maximum absolute atomic E-state index is 12.2. The standard InChI is InChI=1S/C14H17BrN2O3/c1-8(13(18)17-10-4-5-10)16-14(19)11-6-3-9(15)7-12(11)20-2/h3,6-8,10H,4-5H2,1-2H3,(H,16,19)(H,17,18). The minimum atomic E-state index is -0.573. The lowest BCUT2D eigenvalue weighted by atomic mass is 10.1. The van der Waals surface area contributed by atoms with Gasteiger partial charge in [-0.2, -0.15) is 0 Å². The number of hydrogen-bond acceptors (Lipinski definition) is 3. The Hall–Kier alpha value is -1.56. The molecule has 6 heteroatoms. The van der Waals surface area contributed by atoms with E-state index in [4.69, 9.17) is 4.74 Å². The molecule has 0 radical (unpaired) electrons. The Kier molecular flexibility index (Phi) is 4.65. The molecule has 1 unspecified atom stereocenters. The van der Waals surface area contributed by atoms with Crippen molar-refractivity contribution in [2.24, 2.45) is 0 Å². The molecule has 20 heavy (non-hydrogen) atoms. The Morgan fingerprint density at radius 2 is 2.10 bits per heavy atom. The second-order valence-electron chi connectivity index (χ2n) is 4.82. The van der Waals surface area contributed by atoms with Gasteiger partial charge in [0.25, 0.3) is 5.91 Å². The molecule has 2 rings (SSSR count). The number of benzene rings is 1. The smallest absolute Gasteiger partial charge is 0.255 e. The van der Waals surface area contributed by atoms with E-state index in [2.05, 4.69) is 26.6 Å². The molecule has 2 N–H and O–H groups in total. The topological polar surface area (TPSA) is 67.4 Å². The van der Waals surface area contributed by atoms with Crippen LogP contribution in [0.4, 0.5) is 0 Å². The van der Waals surface area contributed by atoms with Crippen LogP contribution in [0.1, 0.15) is 30.1 Å². The van der Waals surface area contributed by atoms with Gasteiger partial charge in [0, 0.05) is 10.5 Å². The van der Waals surface area contributed by atoms with Crippen LogP contribution in [0.2, 0.25) is 0 Å². The highest BCUT2D eigenvalue weighted by molar-refractivity contribution is 9.10. The van der Waals surface area contributed by atoms with Crippen molar-refractivity contribution in [3.63, 3.8) is 0 Å². The second-order valence-corrected chi connectivity index (χ2v) is 5.74. The van der Waals surface area contributed by atoms with Gasteiger partial charge in [0.2, 0.25) is 5.91 Å². The predicted molar refractivity (Wildman–Crippen MR) is 78.8 cm³/mol. The first kappa shape index (κ1) is 14.8. The number of ether oxygens (including phenoxy) is 1. The first-order chi connectivity index (χ1) is 9.51. The average molecular weight is 341 g/mol. The highest BCUT2D eigenvalue weighted by atomic mass is 79.9. The van der Waals surface area contributed by atoms with Crippen LogP contribution in [0.15, 0.2) is 22.7 Å². The number of nitrogens with one attached hydrogen (secondary N) is 2. The van der Waals surface area contributed by atoms with Crippen molar-refractivity contribution in [3.8, 4) is 5.75 Å². The Balaban J connectivity index is 2.01. The van der Waals surface area contributed by atoms with Crippen LogP contribution in [0.3, 0.4) is 0 Å². The Bertz CT molecular complexity index is 529. The van der Waals surface area contributed by atoms with E-state index in [0.717, 1.165) is 17.3 Å². The summed E-state index contributed by atoms with van der Waals surface area (Å²) in [5.74, 6) is -0.0172.